The molecule has 0 atom stereocenters. The van der Waals surface area contributed by atoms with Gasteiger partial charge in [0.25, 0.3) is 0 Å². The molecule has 1 N–H and O–H groups in total. The van der Waals surface area contributed by atoms with Crippen molar-refractivity contribution >= 4 is 11.8 Å². The minimum atomic E-state index is 0.771. The molecule has 0 spiro atoms. The molecule has 2 aromatic rings. The average molecular weight is 270 g/mol. The molecule has 0 radical (unpaired) electrons. The molecule has 3 heteroatoms. The second-order valence-corrected chi connectivity index (χ2v) is 6.00. The summed E-state index contributed by atoms with van der Waals surface area (Å²) in [6.07, 6.45) is 6.39. The summed E-state index contributed by atoms with van der Waals surface area (Å²) in [5.41, 5.74) is 2.70. The summed E-state index contributed by atoms with van der Waals surface area (Å²) in [7, 11) is 0. The molecule has 98 valence electrons. The summed E-state index contributed by atoms with van der Waals surface area (Å²) < 4.78 is 0. The topological polar surface area (TPSA) is 24.9 Å². The average Bonchev–Trinajstić information content (AvgIpc) is 3.29. The highest BCUT2D eigenvalue weighted by atomic mass is 32.2. The van der Waals surface area contributed by atoms with Crippen LogP contribution in [-0.4, -0.2) is 11.0 Å². The maximum Gasteiger partial charge on any atom is 0.0270 e. The molecule has 1 heterocycles. The summed E-state index contributed by atoms with van der Waals surface area (Å²) in [5, 5.41) is 3.56. The Labute approximate surface area is 118 Å². The Balaban J connectivity index is 1.56. The number of hydrogen-bond acceptors (Lipinski definition) is 3. The van der Waals surface area contributed by atoms with Gasteiger partial charge < -0.3 is 5.32 Å². The SMILES string of the molecule is c1cc(CNC2CC2)cc(SCc2ccncc2)c1. The van der Waals surface area contributed by atoms with Crippen molar-refractivity contribution in [2.75, 3.05) is 0 Å². The number of benzene rings is 1. The van der Waals surface area contributed by atoms with Crippen molar-refractivity contribution in [2.24, 2.45) is 0 Å². The lowest BCUT2D eigenvalue weighted by Gasteiger charge is -2.06. The van der Waals surface area contributed by atoms with Gasteiger partial charge in [-0.3, -0.25) is 4.98 Å². The molecule has 0 saturated heterocycles. The molecule has 0 amide bonds. The monoisotopic (exact) mass is 270 g/mol. The van der Waals surface area contributed by atoms with Gasteiger partial charge in [0.2, 0.25) is 0 Å². The molecule has 1 aromatic heterocycles. The molecule has 1 aliphatic carbocycles. The molecule has 1 saturated carbocycles. The summed E-state index contributed by atoms with van der Waals surface area (Å²) in [6, 6.07) is 13.8. The van der Waals surface area contributed by atoms with Crippen LogP contribution in [-0.2, 0) is 12.3 Å². The smallest absolute Gasteiger partial charge is 0.0270 e. The van der Waals surface area contributed by atoms with Crippen LogP contribution >= 0.6 is 11.8 Å². The minimum Gasteiger partial charge on any atom is -0.310 e. The lowest BCUT2D eigenvalue weighted by Crippen LogP contribution is -2.15. The van der Waals surface area contributed by atoms with E-state index in [0.29, 0.717) is 0 Å². The highest BCUT2D eigenvalue weighted by Crippen LogP contribution is 2.24. The largest absolute Gasteiger partial charge is 0.310 e. The molecule has 1 aromatic carbocycles. The van der Waals surface area contributed by atoms with Crippen molar-refractivity contribution in [3.8, 4) is 0 Å². The van der Waals surface area contributed by atoms with E-state index in [1.807, 2.05) is 24.2 Å². The fourth-order valence-corrected chi connectivity index (χ4v) is 2.88. The standard InChI is InChI=1S/C16H18N2S/c1-2-14(11-18-15-4-5-15)10-16(3-1)19-12-13-6-8-17-9-7-13/h1-3,6-10,15,18H,4-5,11-12H2. The van der Waals surface area contributed by atoms with Crippen molar-refractivity contribution < 1.29 is 0 Å². The van der Waals surface area contributed by atoms with E-state index < -0.39 is 0 Å². The lowest BCUT2D eigenvalue weighted by atomic mass is 10.2. The number of rotatable bonds is 6. The van der Waals surface area contributed by atoms with Crippen LogP contribution < -0.4 is 5.32 Å². The Bertz CT molecular complexity index is 523. The van der Waals surface area contributed by atoms with Crippen LogP contribution in [0.1, 0.15) is 24.0 Å². The Morgan fingerprint density at radius 3 is 2.74 bits per heavy atom. The van der Waals surface area contributed by atoms with E-state index >= 15 is 0 Å². The van der Waals surface area contributed by atoms with Gasteiger partial charge in [-0.05, 0) is 48.2 Å². The molecule has 0 aliphatic heterocycles. The van der Waals surface area contributed by atoms with E-state index in [0.717, 1.165) is 18.3 Å². The third-order valence-electron chi connectivity index (χ3n) is 3.23. The quantitative estimate of drug-likeness (QED) is 0.811. The van der Waals surface area contributed by atoms with E-state index in [9.17, 15) is 0 Å². The molecular weight excluding hydrogens is 252 g/mol. The first kappa shape index (κ1) is 12.7. The predicted octanol–water partition coefficient (Wildman–Crippen LogP) is 3.63. The van der Waals surface area contributed by atoms with E-state index in [4.69, 9.17) is 0 Å². The second kappa shape index (κ2) is 6.22. The van der Waals surface area contributed by atoms with E-state index in [1.54, 1.807) is 0 Å². The maximum atomic E-state index is 4.04. The molecule has 2 nitrogen and oxygen atoms in total. The third kappa shape index (κ3) is 4.08. The predicted molar refractivity (Wildman–Crippen MR) is 80.1 cm³/mol. The van der Waals surface area contributed by atoms with Gasteiger partial charge in [-0.25, -0.2) is 0 Å². The first-order chi connectivity index (χ1) is 9.40. The molecule has 0 bridgehead atoms. The summed E-state index contributed by atoms with van der Waals surface area (Å²) in [5.74, 6) is 1.00. The van der Waals surface area contributed by atoms with Gasteiger partial charge in [0, 0.05) is 35.6 Å². The summed E-state index contributed by atoms with van der Waals surface area (Å²) in [6.45, 7) is 0.994. The van der Waals surface area contributed by atoms with Gasteiger partial charge in [-0.15, -0.1) is 11.8 Å². The van der Waals surface area contributed by atoms with Crippen LogP contribution in [0.15, 0.2) is 53.7 Å². The zero-order valence-electron chi connectivity index (χ0n) is 10.9. The Hall–Kier alpha value is -1.32. The van der Waals surface area contributed by atoms with Crippen LogP contribution in [0.25, 0.3) is 0 Å². The Morgan fingerprint density at radius 2 is 1.95 bits per heavy atom. The van der Waals surface area contributed by atoms with E-state index in [2.05, 4.69) is 46.7 Å². The van der Waals surface area contributed by atoms with Crippen molar-refractivity contribution in [1.82, 2.24) is 10.3 Å². The first-order valence-corrected chi connectivity index (χ1v) is 7.73. The first-order valence-electron chi connectivity index (χ1n) is 6.74. The number of pyridine rings is 1. The maximum absolute atomic E-state index is 4.04. The number of nitrogens with zero attached hydrogens (tertiary/aromatic N) is 1. The van der Waals surface area contributed by atoms with E-state index in [1.165, 1.54) is 28.9 Å². The molecular formula is C16H18N2S. The van der Waals surface area contributed by atoms with Crippen LogP contribution in [0.5, 0.6) is 0 Å². The fraction of sp³-hybridized carbons (Fsp3) is 0.312. The molecule has 0 unspecified atom stereocenters. The molecule has 1 aliphatic rings. The highest BCUT2D eigenvalue weighted by molar-refractivity contribution is 7.98. The Kier molecular flexibility index (Phi) is 4.16. The zero-order valence-corrected chi connectivity index (χ0v) is 11.7. The minimum absolute atomic E-state index is 0.771. The van der Waals surface area contributed by atoms with Crippen LogP contribution in [0.2, 0.25) is 0 Å². The zero-order chi connectivity index (χ0) is 12.9. The van der Waals surface area contributed by atoms with Crippen molar-refractivity contribution in [1.29, 1.82) is 0 Å². The third-order valence-corrected chi connectivity index (χ3v) is 4.29. The molecule has 19 heavy (non-hydrogen) atoms. The van der Waals surface area contributed by atoms with Gasteiger partial charge in [0.05, 0.1) is 0 Å². The second-order valence-electron chi connectivity index (χ2n) is 4.95. The summed E-state index contributed by atoms with van der Waals surface area (Å²) in [4.78, 5) is 5.38. The number of thioether (sulfide) groups is 1. The van der Waals surface area contributed by atoms with Gasteiger partial charge in [-0.2, -0.15) is 0 Å². The Morgan fingerprint density at radius 1 is 1.11 bits per heavy atom. The van der Waals surface area contributed by atoms with Crippen LogP contribution in [0.3, 0.4) is 0 Å². The number of nitrogens with one attached hydrogen (secondary N) is 1. The van der Waals surface area contributed by atoms with Gasteiger partial charge in [0.15, 0.2) is 0 Å². The van der Waals surface area contributed by atoms with Crippen LogP contribution in [0, 0.1) is 0 Å². The van der Waals surface area contributed by atoms with Gasteiger partial charge >= 0.3 is 0 Å². The molecule has 1 fully saturated rings. The normalized spacial score (nSPS) is 14.5. The lowest BCUT2D eigenvalue weighted by molar-refractivity contribution is 0.687. The summed E-state index contributed by atoms with van der Waals surface area (Å²) >= 11 is 1.88. The number of aromatic nitrogens is 1. The highest BCUT2D eigenvalue weighted by Gasteiger charge is 2.19. The van der Waals surface area contributed by atoms with Crippen molar-refractivity contribution in [2.45, 2.75) is 36.1 Å². The number of hydrogen-bond donors (Lipinski definition) is 1. The molecule has 3 rings (SSSR count). The van der Waals surface area contributed by atoms with E-state index in [-0.39, 0.29) is 0 Å². The van der Waals surface area contributed by atoms with Gasteiger partial charge in [-0.1, -0.05) is 12.1 Å². The van der Waals surface area contributed by atoms with Gasteiger partial charge in [0.1, 0.15) is 0 Å². The van der Waals surface area contributed by atoms with Crippen molar-refractivity contribution in [3.05, 3.63) is 59.9 Å². The van der Waals surface area contributed by atoms with Crippen LogP contribution in [0.4, 0.5) is 0 Å². The fourth-order valence-electron chi connectivity index (χ4n) is 1.94. The van der Waals surface area contributed by atoms with Crippen molar-refractivity contribution in [3.63, 3.8) is 0 Å².